The molecule has 1 heterocycles. The van der Waals surface area contributed by atoms with Crippen molar-refractivity contribution in [3.63, 3.8) is 0 Å². The first-order chi connectivity index (χ1) is 9.49. The highest BCUT2D eigenvalue weighted by Gasteiger charge is 2.26. The Morgan fingerprint density at radius 3 is 2.35 bits per heavy atom. The number of hydrogen-bond acceptors (Lipinski definition) is 4. The van der Waals surface area contributed by atoms with Crippen molar-refractivity contribution in [2.45, 2.75) is 38.8 Å². The van der Waals surface area contributed by atoms with Crippen LogP contribution in [-0.2, 0) is 0 Å². The van der Waals surface area contributed by atoms with Crippen LogP contribution in [0.3, 0.4) is 0 Å². The lowest BCUT2D eigenvalue weighted by molar-refractivity contribution is 0.157. The zero-order valence-corrected chi connectivity index (χ0v) is 15.5. The Hall–Kier alpha value is 0.0600. The summed E-state index contributed by atoms with van der Waals surface area (Å²) in [6.07, 6.45) is 2.16. The summed E-state index contributed by atoms with van der Waals surface area (Å²) in [5, 5.41) is 0. The molecule has 0 spiro atoms. The van der Waals surface area contributed by atoms with Gasteiger partial charge in [-0.2, -0.15) is 0 Å². The van der Waals surface area contributed by atoms with E-state index >= 15 is 0 Å². The van der Waals surface area contributed by atoms with Gasteiger partial charge in [-0.15, -0.1) is 11.3 Å². The van der Waals surface area contributed by atoms with Crippen molar-refractivity contribution in [1.82, 2.24) is 9.80 Å². The van der Waals surface area contributed by atoms with E-state index in [0.717, 1.165) is 32.5 Å². The maximum absolute atomic E-state index is 6.43. The monoisotopic (exact) mass is 361 g/mol. The van der Waals surface area contributed by atoms with Crippen LogP contribution in [0.15, 0.2) is 15.9 Å². The molecule has 0 aliphatic carbocycles. The molecule has 0 aliphatic rings. The predicted octanol–water partition coefficient (Wildman–Crippen LogP) is 3.56. The lowest BCUT2D eigenvalue weighted by Crippen LogP contribution is -2.43. The van der Waals surface area contributed by atoms with Gasteiger partial charge in [0.25, 0.3) is 0 Å². The number of hydrogen-bond donors (Lipinski definition) is 1. The molecule has 1 rings (SSSR count). The second-order valence-corrected chi connectivity index (χ2v) is 7.99. The Balaban J connectivity index is 2.92. The average molecular weight is 362 g/mol. The molecule has 2 unspecified atom stereocenters. The molecule has 0 aliphatic heterocycles. The van der Waals surface area contributed by atoms with Crippen LogP contribution in [0.5, 0.6) is 0 Å². The van der Waals surface area contributed by atoms with Crippen LogP contribution in [-0.4, -0.2) is 49.6 Å². The summed E-state index contributed by atoms with van der Waals surface area (Å²) in [7, 11) is 4.25. The van der Waals surface area contributed by atoms with E-state index in [1.54, 1.807) is 0 Å². The first kappa shape index (κ1) is 18.1. The second-order valence-electron chi connectivity index (χ2n) is 5.50. The minimum absolute atomic E-state index is 0.189. The van der Waals surface area contributed by atoms with E-state index in [1.807, 2.05) is 11.3 Å². The molecule has 0 fully saturated rings. The normalized spacial score (nSPS) is 15.0. The van der Waals surface area contributed by atoms with Crippen LogP contribution >= 0.6 is 27.3 Å². The summed E-state index contributed by atoms with van der Waals surface area (Å²) in [4.78, 5) is 6.16. The quantitative estimate of drug-likeness (QED) is 0.729. The Labute approximate surface area is 136 Å². The summed E-state index contributed by atoms with van der Waals surface area (Å²) >= 11 is 5.38. The maximum atomic E-state index is 6.43. The minimum atomic E-state index is 0.189. The third-order valence-electron chi connectivity index (χ3n) is 3.50. The molecule has 1 aromatic heterocycles. The van der Waals surface area contributed by atoms with E-state index in [0.29, 0.717) is 6.04 Å². The summed E-state index contributed by atoms with van der Waals surface area (Å²) in [5.74, 6) is 0. The van der Waals surface area contributed by atoms with Gasteiger partial charge in [-0.05, 0) is 61.5 Å². The van der Waals surface area contributed by atoms with Crippen molar-refractivity contribution in [1.29, 1.82) is 0 Å². The summed E-state index contributed by atoms with van der Waals surface area (Å²) in [6.45, 7) is 7.65. The van der Waals surface area contributed by atoms with Gasteiger partial charge in [0.05, 0.1) is 9.83 Å². The molecule has 20 heavy (non-hydrogen) atoms. The molecule has 116 valence electrons. The number of likely N-dealkylation sites (N-methyl/N-ethyl adjacent to an activating group) is 1. The summed E-state index contributed by atoms with van der Waals surface area (Å²) < 4.78 is 1.19. The highest BCUT2D eigenvalue weighted by Crippen LogP contribution is 2.33. The number of nitrogens with zero attached hydrogens (tertiary/aromatic N) is 2. The van der Waals surface area contributed by atoms with E-state index in [1.165, 1.54) is 8.66 Å². The molecule has 0 amide bonds. The molecule has 1 aromatic rings. The van der Waals surface area contributed by atoms with Gasteiger partial charge in [-0.3, -0.25) is 4.90 Å². The molecule has 3 nitrogen and oxygen atoms in total. The fraction of sp³-hybridized carbons (Fsp3) is 0.733. The average Bonchev–Trinajstić information content (AvgIpc) is 2.82. The topological polar surface area (TPSA) is 32.5 Å². The van der Waals surface area contributed by atoms with E-state index in [2.05, 4.69) is 65.8 Å². The molecule has 0 saturated carbocycles. The molecular formula is C15H28BrN3S. The number of thiophene rings is 1. The first-order valence-electron chi connectivity index (χ1n) is 7.39. The molecule has 0 saturated heterocycles. The van der Waals surface area contributed by atoms with E-state index < -0.39 is 0 Å². The van der Waals surface area contributed by atoms with Crippen LogP contribution in [0.2, 0.25) is 0 Å². The smallest absolute Gasteiger partial charge is 0.0702 e. The van der Waals surface area contributed by atoms with Gasteiger partial charge in [-0.1, -0.05) is 13.8 Å². The maximum Gasteiger partial charge on any atom is 0.0702 e. The van der Waals surface area contributed by atoms with Crippen molar-refractivity contribution in [2.75, 3.05) is 33.7 Å². The fourth-order valence-corrected chi connectivity index (χ4v) is 4.01. The van der Waals surface area contributed by atoms with Crippen molar-refractivity contribution in [3.05, 3.63) is 20.8 Å². The Morgan fingerprint density at radius 1 is 1.20 bits per heavy atom. The van der Waals surface area contributed by atoms with Gasteiger partial charge >= 0.3 is 0 Å². The minimum Gasteiger partial charge on any atom is -0.326 e. The standard InChI is InChI=1S/C15H28BrN3S/c1-5-9-19(11-10-18(3)4)15(12(17)6-2)13-7-8-14(16)20-13/h7-8,12,15H,5-6,9-11,17H2,1-4H3. The van der Waals surface area contributed by atoms with Gasteiger partial charge < -0.3 is 10.6 Å². The number of nitrogens with two attached hydrogens (primary N) is 1. The van der Waals surface area contributed by atoms with Crippen molar-refractivity contribution < 1.29 is 0 Å². The van der Waals surface area contributed by atoms with Crippen LogP contribution in [0.25, 0.3) is 0 Å². The zero-order valence-electron chi connectivity index (χ0n) is 13.1. The van der Waals surface area contributed by atoms with Gasteiger partial charge in [0, 0.05) is 24.0 Å². The molecule has 0 bridgehead atoms. The lowest BCUT2D eigenvalue weighted by Gasteiger charge is -2.35. The van der Waals surface area contributed by atoms with Crippen LogP contribution < -0.4 is 5.73 Å². The number of halogens is 1. The predicted molar refractivity (Wildman–Crippen MR) is 93.4 cm³/mol. The van der Waals surface area contributed by atoms with Crippen LogP contribution in [0.1, 0.15) is 37.6 Å². The van der Waals surface area contributed by atoms with Gasteiger partial charge in [0.15, 0.2) is 0 Å². The molecule has 2 N–H and O–H groups in total. The highest BCUT2D eigenvalue weighted by molar-refractivity contribution is 9.11. The van der Waals surface area contributed by atoms with Gasteiger partial charge in [0.2, 0.25) is 0 Å². The van der Waals surface area contributed by atoms with Crippen molar-refractivity contribution in [2.24, 2.45) is 5.73 Å². The third kappa shape index (κ3) is 5.45. The van der Waals surface area contributed by atoms with Crippen LogP contribution in [0.4, 0.5) is 0 Å². The molecule has 0 aromatic carbocycles. The van der Waals surface area contributed by atoms with Crippen molar-refractivity contribution in [3.8, 4) is 0 Å². The Kier molecular flexibility index (Phi) is 8.29. The van der Waals surface area contributed by atoms with E-state index in [9.17, 15) is 0 Å². The molecule has 2 atom stereocenters. The van der Waals surface area contributed by atoms with Crippen molar-refractivity contribution >= 4 is 27.3 Å². The molecular weight excluding hydrogens is 334 g/mol. The Morgan fingerprint density at radius 2 is 1.90 bits per heavy atom. The summed E-state index contributed by atoms with van der Waals surface area (Å²) in [5.41, 5.74) is 6.43. The lowest BCUT2D eigenvalue weighted by atomic mass is 10.0. The zero-order chi connectivity index (χ0) is 15.1. The Bertz CT molecular complexity index is 381. The fourth-order valence-electron chi connectivity index (χ4n) is 2.38. The second kappa shape index (κ2) is 9.15. The first-order valence-corrected chi connectivity index (χ1v) is 9.00. The molecule has 5 heteroatoms. The van der Waals surface area contributed by atoms with E-state index in [-0.39, 0.29) is 6.04 Å². The number of rotatable bonds is 9. The highest BCUT2D eigenvalue weighted by atomic mass is 79.9. The van der Waals surface area contributed by atoms with Gasteiger partial charge in [-0.25, -0.2) is 0 Å². The van der Waals surface area contributed by atoms with Crippen LogP contribution in [0, 0.1) is 0 Å². The summed E-state index contributed by atoms with van der Waals surface area (Å²) in [6, 6.07) is 4.86. The van der Waals surface area contributed by atoms with Gasteiger partial charge in [0.1, 0.15) is 0 Å². The third-order valence-corrected chi connectivity index (χ3v) is 5.20. The van der Waals surface area contributed by atoms with E-state index in [4.69, 9.17) is 5.73 Å². The SMILES string of the molecule is CCCN(CCN(C)C)C(c1ccc(Br)s1)C(N)CC. The molecule has 0 radical (unpaired) electrons. The largest absolute Gasteiger partial charge is 0.326 e.